The minimum atomic E-state index is -0.215. The molecule has 1 N–H and O–H groups in total. The fourth-order valence-electron chi connectivity index (χ4n) is 3.11. The first kappa shape index (κ1) is 16.5. The molecule has 4 heteroatoms. The molecule has 1 amide bonds. The molecule has 0 bridgehead atoms. The van der Waals surface area contributed by atoms with Gasteiger partial charge in [-0.25, -0.2) is 5.43 Å². The predicted molar refractivity (Wildman–Crippen MR) is 97.3 cm³/mol. The van der Waals surface area contributed by atoms with E-state index in [-0.39, 0.29) is 12.5 Å². The summed E-state index contributed by atoms with van der Waals surface area (Å²) in [5.41, 5.74) is 3.71. The van der Waals surface area contributed by atoms with Crippen LogP contribution >= 0.6 is 0 Å². The van der Waals surface area contributed by atoms with Gasteiger partial charge in [-0.2, -0.15) is 5.10 Å². The minimum absolute atomic E-state index is 0.0211. The lowest BCUT2D eigenvalue weighted by Gasteiger charge is -2.21. The summed E-state index contributed by atoms with van der Waals surface area (Å²) < 4.78 is 5.57. The number of carbonyl (C=O) groups excluding carboxylic acids is 1. The molecule has 0 radical (unpaired) electrons. The molecule has 0 aliphatic heterocycles. The van der Waals surface area contributed by atoms with Crippen molar-refractivity contribution in [3.63, 3.8) is 0 Å². The van der Waals surface area contributed by atoms with Crippen LogP contribution in [0.4, 0.5) is 0 Å². The Bertz CT molecular complexity index is 729. The summed E-state index contributed by atoms with van der Waals surface area (Å²) in [6.07, 6.45) is 5.57. The fourth-order valence-corrected chi connectivity index (χ4v) is 3.11. The molecule has 0 spiro atoms. The van der Waals surface area contributed by atoms with Crippen molar-refractivity contribution in [2.24, 2.45) is 11.0 Å². The van der Waals surface area contributed by atoms with E-state index in [9.17, 15) is 4.79 Å². The smallest absolute Gasteiger partial charge is 0.277 e. The van der Waals surface area contributed by atoms with E-state index in [2.05, 4.69) is 23.5 Å². The van der Waals surface area contributed by atoms with Crippen molar-refractivity contribution in [3.8, 4) is 5.75 Å². The molecule has 0 saturated heterocycles. The van der Waals surface area contributed by atoms with Crippen LogP contribution in [-0.2, 0) is 4.79 Å². The van der Waals surface area contributed by atoms with E-state index in [1.807, 2.05) is 36.4 Å². The number of carbonyl (C=O) groups is 1. The molecule has 0 heterocycles. The van der Waals surface area contributed by atoms with Crippen molar-refractivity contribution in [2.75, 3.05) is 6.61 Å². The maximum absolute atomic E-state index is 11.9. The second kappa shape index (κ2) is 7.95. The summed E-state index contributed by atoms with van der Waals surface area (Å²) in [5.74, 6) is 1.30. The molecule has 1 fully saturated rings. The normalized spacial score (nSPS) is 17.5. The number of rotatable bonds is 5. The first-order chi connectivity index (χ1) is 11.7. The molecule has 1 aliphatic carbocycles. The lowest BCUT2D eigenvalue weighted by atomic mass is 9.86. The van der Waals surface area contributed by atoms with Crippen molar-refractivity contribution in [1.29, 1.82) is 0 Å². The van der Waals surface area contributed by atoms with Crippen molar-refractivity contribution in [3.05, 3.63) is 42.5 Å². The van der Waals surface area contributed by atoms with Crippen LogP contribution in [0.2, 0.25) is 0 Å². The van der Waals surface area contributed by atoms with Gasteiger partial charge in [-0.3, -0.25) is 4.79 Å². The topological polar surface area (TPSA) is 50.7 Å². The lowest BCUT2D eigenvalue weighted by Crippen LogP contribution is -2.26. The average molecular weight is 324 g/mol. The van der Waals surface area contributed by atoms with Crippen molar-refractivity contribution >= 4 is 22.4 Å². The Balaban J connectivity index is 1.48. The van der Waals surface area contributed by atoms with Crippen LogP contribution in [0.25, 0.3) is 10.8 Å². The van der Waals surface area contributed by atoms with Crippen LogP contribution in [0, 0.1) is 5.92 Å². The highest BCUT2D eigenvalue weighted by Crippen LogP contribution is 2.24. The third-order valence-corrected chi connectivity index (χ3v) is 4.69. The van der Waals surface area contributed by atoms with Crippen molar-refractivity contribution in [1.82, 2.24) is 5.43 Å². The minimum Gasteiger partial charge on any atom is -0.484 e. The molecule has 2 aromatic rings. The monoisotopic (exact) mass is 324 g/mol. The molecule has 0 unspecified atom stereocenters. The number of benzene rings is 2. The standard InChI is InChI=1S/C20H24N2O2/c1-2-15-7-10-18(11-8-15)21-22-20(23)14-24-19-12-9-16-5-3-4-6-17(16)13-19/h3-6,9,12-13,15H,2,7-8,10-11,14H2,1H3,(H,22,23). The largest absolute Gasteiger partial charge is 0.484 e. The molecule has 126 valence electrons. The first-order valence-corrected chi connectivity index (χ1v) is 8.70. The number of hydrazone groups is 1. The second-order valence-electron chi connectivity index (χ2n) is 6.36. The van der Waals surface area contributed by atoms with Crippen LogP contribution in [0.15, 0.2) is 47.6 Å². The SMILES string of the molecule is CCC1CCC(=NNC(=O)COc2ccc3ccccc3c2)CC1. The summed E-state index contributed by atoms with van der Waals surface area (Å²) in [6, 6.07) is 13.9. The van der Waals surface area contributed by atoms with Gasteiger partial charge in [0.05, 0.1) is 0 Å². The Morgan fingerprint density at radius 2 is 1.92 bits per heavy atom. The molecule has 2 aromatic carbocycles. The zero-order valence-electron chi connectivity index (χ0n) is 14.1. The van der Waals surface area contributed by atoms with Gasteiger partial charge in [0.2, 0.25) is 0 Å². The summed E-state index contributed by atoms with van der Waals surface area (Å²) in [7, 11) is 0. The Labute approximate surface area is 142 Å². The molecule has 0 atom stereocenters. The number of hydrogen-bond donors (Lipinski definition) is 1. The molecule has 24 heavy (non-hydrogen) atoms. The van der Waals surface area contributed by atoms with Crippen LogP contribution < -0.4 is 10.2 Å². The zero-order chi connectivity index (χ0) is 16.8. The van der Waals surface area contributed by atoms with Gasteiger partial charge in [0.25, 0.3) is 5.91 Å². The molecule has 0 aromatic heterocycles. The number of ether oxygens (including phenoxy) is 1. The van der Waals surface area contributed by atoms with E-state index in [0.29, 0.717) is 5.75 Å². The van der Waals surface area contributed by atoms with Crippen LogP contribution in [0.1, 0.15) is 39.0 Å². The Morgan fingerprint density at radius 3 is 2.67 bits per heavy atom. The van der Waals surface area contributed by atoms with Gasteiger partial charge in [0, 0.05) is 5.71 Å². The highest BCUT2D eigenvalue weighted by atomic mass is 16.5. The molecular weight excluding hydrogens is 300 g/mol. The third-order valence-electron chi connectivity index (χ3n) is 4.69. The van der Waals surface area contributed by atoms with Gasteiger partial charge in [-0.1, -0.05) is 43.7 Å². The average Bonchev–Trinajstić information content (AvgIpc) is 2.65. The zero-order valence-corrected chi connectivity index (χ0v) is 14.1. The van der Waals surface area contributed by atoms with E-state index in [1.165, 1.54) is 19.3 Å². The Hall–Kier alpha value is -2.36. The van der Waals surface area contributed by atoms with Gasteiger partial charge >= 0.3 is 0 Å². The van der Waals surface area contributed by atoms with Crippen LogP contribution in [0.5, 0.6) is 5.75 Å². The van der Waals surface area contributed by atoms with Gasteiger partial charge < -0.3 is 4.74 Å². The lowest BCUT2D eigenvalue weighted by molar-refractivity contribution is -0.123. The first-order valence-electron chi connectivity index (χ1n) is 8.70. The van der Waals surface area contributed by atoms with Gasteiger partial charge in [-0.15, -0.1) is 0 Å². The van der Waals surface area contributed by atoms with E-state index in [4.69, 9.17) is 4.74 Å². The van der Waals surface area contributed by atoms with Crippen LogP contribution in [-0.4, -0.2) is 18.2 Å². The second-order valence-corrected chi connectivity index (χ2v) is 6.36. The quantitative estimate of drug-likeness (QED) is 0.834. The fraction of sp³-hybridized carbons (Fsp3) is 0.400. The Kier molecular flexibility index (Phi) is 5.47. The van der Waals surface area contributed by atoms with Crippen molar-refractivity contribution < 1.29 is 9.53 Å². The highest BCUT2D eigenvalue weighted by molar-refractivity contribution is 5.87. The van der Waals surface area contributed by atoms with E-state index in [0.717, 1.165) is 35.2 Å². The molecular formula is C20H24N2O2. The highest BCUT2D eigenvalue weighted by Gasteiger charge is 2.16. The third kappa shape index (κ3) is 4.34. The summed E-state index contributed by atoms with van der Waals surface area (Å²) in [4.78, 5) is 11.9. The molecule has 1 aliphatic rings. The maximum Gasteiger partial charge on any atom is 0.277 e. The summed E-state index contributed by atoms with van der Waals surface area (Å²) in [6.45, 7) is 2.21. The van der Waals surface area contributed by atoms with Crippen molar-refractivity contribution in [2.45, 2.75) is 39.0 Å². The predicted octanol–water partition coefficient (Wildman–Crippen LogP) is 4.29. The number of fused-ring (bicyclic) bond motifs is 1. The summed E-state index contributed by atoms with van der Waals surface area (Å²) >= 11 is 0. The van der Waals surface area contributed by atoms with Gasteiger partial charge in [0.1, 0.15) is 5.75 Å². The van der Waals surface area contributed by atoms with Crippen LogP contribution in [0.3, 0.4) is 0 Å². The molecule has 4 nitrogen and oxygen atoms in total. The number of nitrogens with zero attached hydrogens (tertiary/aromatic N) is 1. The number of nitrogens with one attached hydrogen (secondary N) is 1. The molecule has 3 rings (SSSR count). The summed E-state index contributed by atoms with van der Waals surface area (Å²) in [5, 5.41) is 6.51. The van der Waals surface area contributed by atoms with E-state index >= 15 is 0 Å². The van der Waals surface area contributed by atoms with Gasteiger partial charge in [0.15, 0.2) is 6.61 Å². The molecule has 1 saturated carbocycles. The Morgan fingerprint density at radius 1 is 1.17 bits per heavy atom. The number of amides is 1. The van der Waals surface area contributed by atoms with E-state index < -0.39 is 0 Å². The van der Waals surface area contributed by atoms with Gasteiger partial charge in [-0.05, 0) is 54.5 Å². The van der Waals surface area contributed by atoms with E-state index in [1.54, 1.807) is 0 Å². The number of hydrogen-bond acceptors (Lipinski definition) is 3. The maximum atomic E-state index is 11.9.